The molecule has 1 aromatic heterocycles. The molecule has 0 saturated heterocycles. The van der Waals surface area contributed by atoms with Crippen LogP contribution in [-0.2, 0) is 25.7 Å². The average Bonchev–Trinajstić information content (AvgIpc) is 2.74. The van der Waals surface area contributed by atoms with Crippen LogP contribution in [0, 0.1) is 0 Å². The van der Waals surface area contributed by atoms with Gasteiger partial charge < -0.3 is 4.74 Å². The normalized spacial score (nSPS) is 14.4. The van der Waals surface area contributed by atoms with Crippen molar-refractivity contribution in [3.05, 3.63) is 76.1 Å². The fourth-order valence-corrected chi connectivity index (χ4v) is 3.80. The van der Waals surface area contributed by atoms with Crippen molar-refractivity contribution in [1.82, 2.24) is 14.9 Å². The number of halogens is 4. The Bertz CT molecular complexity index is 1050. The Labute approximate surface area is 177 Å². The SMILES string of the molecule is COc1cccc(CN2CCc3nc(-c4ccc(C(F)(F)F)cc4)ncc3C2)c1Cl. The molecule has 0 bridgehead atoms. The van der Waals surface area contributed by atoms with Gasteiger partial charge in [0.2, 0.25) is 0 Å². The van der Waals surface area contributed by atoms with E-state index in [1.165, 1.54) is 12.1 Å². The minimum absolute atomic E-state index is 0.437. The maximum Gasteiger partial charge on any atom is 0.416 e. The van der Waals surface area contributed by atoms with Crippen molar-refractivity contribution in [3.63, 3.8) is 0 Å². The fourth-order valence-electron chi connectivity index (χ4n) is 3.53. The van der Waals surface area contributed by atoms with E-state index in [0.717, 1.165) is 41.9 Å². The van der Waals surface area contributed by atoms with E-state index in [2.05, 4.69) is 14.9 Å². The number of fused-ring (bicyclic) bond motifs is 1. The average molecular weight is 434 g/mol. The maximum atomic E-state index is 12.8. The van der Waals surface area contributed by atoms with E-state index in [9.17, 15) is 13.2 Å². The number of methoxy groups -OCH3 is 1. The summed E-state index contributed by atoms with van der Waals surface area (Å²) < 4.78 is 43.5. The highest BCUT2D eigenvalue weighted by atomic mass is 35.5. The van der Waals surface area contributed by atoms with Crippen molar-refractivity contribution in [3.8, 4) is 17.1 Å². The highest BCUT2D eigenvalue weighted by molar-refractivity contribution is 6.32. The van der Waals surface area contributed by atoms with Gasteiger partial charge in [-0.15, -0.1) is 0 Å². The van der Waals surface area contributed by atoms with Gasteiger partial charge in [-0.05, 0) is 23.8 Å². The van der Waals surface area contributed by atoms with E-state index < -0.39 is 11.7 Å². The Kier molecular flexibility index (Phi) is 5.66. The molecule has 30 heavy (non-hydrogen) atoms. The Morgan fingerprint density at radius 3 is 2.60 bits per heavy atom. The van der Waals surface area contributed by atoms with E-state index in [1.807, 2.05) is 18.2 Å². The van der Waals surface area contributed by atoms with Gasteiger partial charge in [0.05, 0.1) is 23.4 Å². The van der Waals surface area contributed by atoms with E-state index in [4.69, 9.17) is 16.3 Å². The number of rotatable bonds is 4. The molecule has 1 aliphatic heterocycles. The number of aromatic nitrogens is 2. The van der Waals surface area contributed by atoms with Crippen LogP contribution in [0.4, 0.5) is 13.2 Å². The van der Waals surface area contributed by atoms with E-state index in [1.54, 1.807) is 13.3 Å². The predicted molar refractivity (Wildman–Crippen MR) is 108 cm³/mol. The molecule has 0 amide bonds. The van der Waals surface area contributed by atoms with Crippen LogP contribution < -0.4 is 4.74 Å². The predicted octanol–water partition coefficient (Wildman–Crippen LogP) is 5.38. The topological polar surface area (TPSA) is 38.2 Å². The zero-order chi connectivity index (χ0) is 21.3. The van der Waals surface area contributed by atoms with E-state index in [-0.39, 0.29) is 0 Å². The molecule has 1 aliphatic rings. The second-order valence-electron chi connectivity index (χ2n) is 7.13. The summed E-state index contributed by atoms with van der Waals surface area (Å²) in [5.74, 6) is 1.09. The largest absolute Gasteiger partial charge is 0.495 e. The molecule has 2 heterocycles. The number of hydrogen-bond acceptors (Lipinski definition) is 4. The van der Waals surface area contributed by atoms with Crippen LogP contribution in [0.25, 0.3) is 11.4 Å². The first kappa shape index (κ1) is 20.6. The van der Waals surface area contributed by atoms with Crippen LogP contribution in [0.5, 0.6) is 5.75 Å². The van der Waals surface area contributed by atoms with Gasteiger partial charge in [-0.1, -0.05) is 35.9 Å². The Morgan fingerprint density at radius 1 is 1.13 bits per heavy atom. The van der Waals surface area contributed by atoms with Crippen LogP contribution in [0.1, 0.15) is 22.4 Å². The second kappa shape index (κ2) is 8.24. The molecule has 2 aromatic carbocycles. The van der Waals surface area contributed by atoms with Gasteiger partial charge in [0, 0.05) is 43.4 Å². The van der Waals surface area contributed by atoms with Gasteiger partial charge in [-0.2, -0.15) is 13.2 Å². The standard InChI is InChI=1S/C22H19ClF3N3O/c1-30-19-4-2-3-15(20(19)23)12-29-10-9-18-16(13-29)11-27-21(28-18)14-5-7-17(8-6-14)22(24,25)26/h2-8,11H,9-10,12-13H2,1H3. The zero-order valence-corrected chi connectivity index (χ0v) is 17.0. The summed E-state index contributed by atoms with van der Waals surface area (Å²) in [4.78, 5) is 11.2. The van der Waals surface area contributed by atoms with Gasteiger partial charge >= 0.3 is 6.18 Å². The summed E-state index contributed by atoms with van der Waals surface area (Å²) in [7, 11) is 1.59. The maximum absolute atomic E-state index is 12.8. The number of hydrogen-bond donors (Lipinski definition) is 0. The van der Waals surface area contributed by atoms with Crippen molar-refractivity contribution in [2.45, 2.75) is 25.7 Å². The number of ether oxygens (including phenoxy) is 1. The Hall–Kier alpha value is -2.64. The zero-order valence-electron chi connectivity index (χ0n) is 16.2. The van der Waals surface area contributed by atoms with Crippen LogP contribution in [0.15, 0.2) is 48.7 Å². The molecule has 8 heteroatoms. The van der Waals surface area contributed by atoms with Gasteiger partial charge in [-0.3, -0.25) is 4.90 Å². The van der Waals surface area contributed by atoms with E-state index in [0.29, 0.717) is 35.2 Å². The Morgan fingerprint density at radius 2 is 1.90 bits per heavy atom. The molecule has 0 radical (unpaired) electrons. The lowest BCUT2D eigenvalue weighted by molar-refractivity contribution is -0.137. The molecule has 0 fully saturated rings. The molecule has 0 atom stereocenters. The summed E-state index contributed by atoms with van der Waals surface area (Å²) in [6.07, 6.45) is -1.87. The van der Waals surface area contributed by atoms with Crippen molar-refractivity contribution in [2.24, 2.45) is 0 Å². The lowest BCUT2D eigenvalue weighted by Crippen LogP contribution is -2.31. The molecule has 0 unspecified atom stereocenters. The number of benzene rings is 2. The summed E-state index contributed by atoms with van der Waals surface area (Å²) in [5.41, 5.74) is 2.80. The summed E-state index contributed by atoms with van der Waals surface area (Å²) in [5, 5.41) is 0.611. The first-order chi connectivity index (χ1) is 14.3. The van der Waals surface area contributed by atoms with Crippen LogP contribution in [0.3, 0.4) is 0 Å². The summed E-state index contributed by atoms with van der Waals surface area (Å²) in [6.45, 7) is 2.15. The van der Waals surface area contributed by atoms with Crippen molar-refractivity contribution < 1.29 is 17.9 Å². The van der Waals surface area contributed by atoms with E-state index >= 15 is 0 Å². The molecule has 0 saturated carbocycles. The third-order valence-electron chi connectivity index (χ3n) is 5.14. The molecule has 0 N–H and O–H groups in total. The minimum atomic E-state index is -4.36. The quantitative estimate of drug-likeness (QED) is 0.553. The van der Waals surface area contributed by atoms with Crippen LogP contribution in [-0.4, -0.2) is 28.5 Å². The summed E-state index contributed by atoms with van der Waals surface area (Å²) in [6, 6.07) is 10.6. The molecule has 0 aliphatic carbocycles. The molecule has 4 nitrogen and oxygen atoms in total. The highest BCUT2D eigenvalue weighted by Gasteiger charge is 2.30. The first-order valence-corrected chi connectivity index (χ1v) is 9.79. The molecule has 156 valence electrons. The molecular weight excluding hydrogens is 415 g/mol. The fraction of sp³-hybridized carbons (Fsp3) is 0.273. The van der Waals surface area contributed by atoms with Crippen molar-refractivity contribution >= 4 is 11.6 Å². The monoisotopic (exact) mass is 433 g/mol. The highest BCUT2D eigenvalue weighted by Crippen LogP contribution is 2.32. The van der Waals surface area contributed by atoms with Crippen LogP contribution >= 0.6 is 11.6 Å². The molecule has 0 spiro atoms. The first-order valence-electron chi connectivity index (χ1n) is 9.41. The Balaban J connectivity index is 1.50. The third kappa shape index (κ3) is 4.27. The van der Waals surface area contributed by atoms with Gasteiger partial charge in [0.25, 0.3) is 0 Å². The minimum Gasteiger partial charge on any atom is -0.495 e. The molecule has 4 rings (SSSR count). The number of alkyl halides is 3. The van der Waals surface area contributed by atoms with Gasteiger partial charge in [-0.25, -0.2) is 9.97 Å². The number of nitrogens with zero attached hydrogens (tertiary/aromatic N) is 3. The van der Waals surface area contributed by atoms with Crippen molar-refractivity contribution in [1.29, 1.82) is 0 Å². The smallest absolute Gasteiger partial charge is 0.416 e. The molecule has 3 aromatic rings. The van der Waals surface area contributed by atoms with Crippen LogP contribution in [0.2, 0.25) is 5.02 Å². The van der Waals surface area contributed by atoms with Crippen molar-refractivity contribution in [2.75, 3.05) is 13.7 Å². The summed E-state index contributed by atoms with van der Waals surface area (Å²) >= 11 is 6.41. The lowest BCUT2D eigenvalue weighted by atomic mass is 10.1. The lowest BCUT2D eigenvalue weighted by Gasteiger charge is -2.28. The molecular formula is C22H19ClF3N3O. The second-order valence-corrected chi connectivity index (χ2v) is 7.51. The van der Waals surface area contributed by atoms with Gasteiger partial charge in [0.15, 0.2) is 5.82 Å². The third-order valence-corrected chi connectivity index (χ3v) is 5.57. The van der Waals surface area contributed by atoms with Gasteiger partial charge in [0.1, 0.15) is 5.75 Å².